The van der Waals surface area contributed by atoms with Crippen molar-refractivity contribution in [2.45, 2.75) is 57.9 Å². The van der Waals surface area contributed by atoms with Crippen LogP contribution in [0, 0.1) is 0 Å². The fourth-order valence-corrected chi connectivity index (χ4v) is 3.99. The zero-order valence-corrected chi connectivity index (χ0v) is 16.2. The third-order valence-corrected chi connectivity index (χ3v) is 5.58. The molecule has 0 saturated carbocycles. The van der Waals surface area contributed by atoms with Crippen LogP contribution >= 0.6 is 0 Å². The van der Waals surface area contributed by atoms with Gasteiger partial charge >= 0.3 is 0 Å². The lowest BCUT2D eigenvalue weighted by molar-refractivity contribution is -0.119. The van der Waals surface area contributed by atoms with Gasteiger partial charge in [-0.25, -0.2) is 0 Å². The first-order chi connectivity index (χ1) is 13.7. The summed E-state index contributed by atoms with van der Waals surface area (Å²) in [5.41, 5.74) is 1.47. The minimum absolute atomic E-state index is 0.105. The van der Waals surface area contributed by atoms with Gasteiger partial charge in [-0.2, -0.15) is 0 Å². The second-order valence-corrected chi connectivity index (χ2v) is 7.55. The van der Waals surface area contributed by atoms with Crippen molar-refractivity contribution in [1.82, 2.24) is 20.1 Å². The standard InChI is InChI=1S/C21H27N5O2/c27-20-7-3-5-14-25(20)17-10-8-16(9-11-17)21(28)22-13-12-19-24-23-18-6-2-1-4-15-26(18)19/h8-11H,1-7,12-15H2,(H,22,28). The third-order valence-electron chi connectivity index (χ3n) is 5.58. The van der Waals surface area contributed by atoms with Gasteiger partial charge in [0, 0.05) is 50.1 Å². The van der Waals surface area contributed by atoms with Crippen molar-refractivity contribution in [2.24, 2.45) is 0 Å². The van der Waals surface area contributed by atoms with Crippen molar-refractivity contribution in [2.75, 3.05) is 18.0 Å². The fraction of sp³-hybridized carbons (Fsp3) is 0.524. The first-order valence-corrected chi connectivity index (χ1v) is 10.3. The number of benzene rings is 1. The number of aryl methyl sites for hydroxylation is 1. The van der Waals surface area contributed by atoms with Crippen LogP contribution in [-0.2, 0) is 24.2 Å². The maximum atomic E-state index is 12.4. The Kier molecular flexibility index (Phi) is 5.69. The Hall–Kier alpha value is -2.70. The predicted octanol–water partition coefficient (Wildman–Crippen LogP) is 2.49. The van der Waals surface area contributed by atoms with Gasteiger partial charge in [-0.15, -0.1) is 10.2 Å². The summed E-state index contributed by atoms with van der Waals surface area (Å²) in [5, 5.41) is 11.6. The highest BCUT2D eigenvalue weighted by Gasteiger charge is 2.20. The number of fused-ring (bicyclic) bond motifs is 1. The van der Waals surface area contributed by atoms with Crippen molar-refractivity contribution in [3.63, 3.8) is 0 Å². The highest BCUT2D eigenvalue weighted by molar-refractivity contribution is 5.96. The van der Waals surface area contributed by atoms with Crippen LogP contribution < -0.4 is 10.2 Å². The van der Waals surface area contributed by atoms with Crippen LogP contribution in [0.2, 0.25) is 0 Å². The van der Waals surface area contributed by atoms with E-state index in [-0.39, 0.29) is 11.8 Å². The first-order valence-electron chi connectivity index (χ1n) is 10.3. The summed E-state index contributed by atoms with van der Waals surface area (Å²) in [5.74, 6) is 2.08. The maximum absolute atomic E-state index is 12.4. The Balaban J connectivity index is 1.32. The molecule has 0 bridgehead atoms. The van der Waals surface area contributed by atoms with Crippen LogP contribution in [-0.4, -0.2) is 39.7 Å². The zero-order chi connectivity index (χ0) is 19.3. The Labute approximate surface area is 165 Å². The number of carbonyl (C=O) groups is 2. The summed E-state index contributed by atoms with van der Waals surface area (Å²) >= 11 is 0. The molecule has 7 heteroatoms. The van der Waals surface area contributed by atoms with Crippen LogP contribution in [0.4, 0.5) is 5.69 Å². The molecule has 7 nitrogen and oxygen atoms in total. The van der Waals surface area contributed by atoms with Gasteiger partial charge < -0.3 is 14.8 Å². The number of carbonyl (C=O) groups excluding carboxylic acids is 2. The van der Waals surface area contributed by atoms with Gasteiger partial charge in [0.2, 0.25) is 5.91 Å². The van der Waals surface area contributed by atoms with Gasteiger partial charge in [0.25, 0.3) is 5.91 Å². The smallest absolute Gasteiger partial charge is 0.251 e. The van der Waals surface area contributed by atoms with E-state index in [1.54, 1.807) is 12.1 Å². The molecule has 1 fully saturated rings. The van der Waals surface area contributed by atoms with E-state index in [1.165, 1.54) is 12.8 Å². The van der Waals surface area contributed by atoms with E-state index >= 15 is 0 Å². The molecule has 3 heterocycles. The molecule has 2 aliphatic heterocycles. The summed E-state index contributed by atoms with van der Waals surface area (Å²) < 4.78 is 2.21. The number of anilines is 1. The molecule has 1 aromatic carbocycles. The molecule has 2 aliphatic rings. The van der Waals surface area contributed by atoms with Crippen molar-refractivity contribution >= 4 is 17.5 Å². The van der Waals surface area contributed by atoms with Crippen LogP contribution in [0.3, 0.4) is 0 Å². The van der Waals surface area contributed by atoms with Crippen LogP contribution in [0.25, 0.3) is 0 Å². The molecule has 0 spiro atoms. The van der Waals surface area contributed by atoms with Gasteiger partial charge in [0.15, 0.2) is 0 Å². The van der Waals surface area contributed by atoms with E-state index in [9.17, 15) is 9.59 Å². The Morgan fingerprint density at radius 1 is 0.964 bits per heavy atom. The normalized spacial score (nSPS) is 17.1. The number of hydrogen-bond acceptors (Lipinski definition) is 4. The SMILES string of the molecule is O=C(NCCc1nnc2n1CCCCC2)c1ccc(N2CCCCC2=O)cc1. The second kappa shape index (κ2) is 8.54. The highest BCUT2D eigenvalue weighted by Crippen LogP contribution is 2.21. The zero-order valence-electron chi connectivity index (χ0n) is 16.2. The van der Waals surface area contributed by atoms with E-state index in [0.717, 1.165) is 56.1 Å². The van der Waals surface area contributed by atoms with E-state index in [0.29, 0.717) is 24.9 Å². The largest absolute Gasteiger partial charge is 0.352 e. The molecular formula is C21H27N5O2. The maximum Gasteiger partial charge on any atom is 0.251 e. The molecule has 0 aliphatic carbocycles. The fourth-order valence-electron chi connectivity index (χ4n) is 3.99. The number of amides is 2. The van der Waals surface area contributed by atoms with E-state index < -0.39 is 0 Å². The molecule has 1 aromatic heterocycles. The second-order valence-electron chi connectivity index (χ2n) is 7.55. The third kappa shape index (κ3) is 4.08. The highest BCUT2D eigenvalue weighted by atomic mass is 16.2. The quantitative estimate of drug-likeness (QED) is 0.863. The molecule has 0 unspecified atom stereocenters. The van der Waals surface area contributed by atoms with Gasteiger partial charge in [-0.3, -0.25) is 9.59 Å². The number of piperidine rings is 1. The lowest BCUT2D eigenvalue weighted by Gasteiger charge is -2.26. The number of nitrogens with one attached hydrogen (secondary N) is 1. The van der Waals surface area contributed by atoms with Gasteiger partial charge in [0.1, 0.15) is 11.6 Å². The molecule has 2 amide bonds. The Bertz CT molecular complexity index is 843. The molecule has 2 aromatic rings. The minimum atomic E-state index is -0.105. The molecule has 1 saturated heterocycles. The lowest BCUT2D eigenvalue weighted by atomic mass is 10.1. The summed E-state index contributed by atoms with van der Waals surface area (Å²) in [7, 11) is 0. The van der Waals surface area contributed by atoms with Gasteiger partial charge in [0.05, 0.1) is 0 Å². The van der Waals surface area contributed by atoms with E-state index in [1.807, 2.05) is 17.0 Å². The van der Waals surface area contributed by atoms with Crippen LogP contribution in [0.1, 0.15) is 60.5 Å². The topological polar surface area (TPSA) is 80.1 Å². The molecule has 0 atom stereocenters. The molecular weight excluding hydrogens is 354 g/mol. The Morgan fingerprint density at radius 3 is 2.57 bits per heavy atom. The monoisotopic (exact) mass is 381 g/mol. The number of hydrogen-bond donors (Lipinski definition) is 1. The Morgan fingerprint density at radius 2 is 1.75 bits per heavy atom. The average molecular weight is 381 g/mol. The summed E-state index contributed by atoms with van der Waals surface area (Å²) in [6, 6.07) is 7.29. The molecule has 148 valence electrons. The van der Waals surface area contributed by atoms with Gasteiger partial charge in [-0.1, -0.05) is 6.42 Å². The number of aromatic nitrogens is 3. The van der Waals surface area contributed by atoms with Crippen molar-refractivity contribution in [1.29, 1.82) is 0 Å². The van der Waals surface area contributed by atoms with Crippen molar-refractivity contribution < 1.29 is 9.59 Å². The number of nitrogens with zero attached hydrogens (tertiary/aromatic N) is 4. The van der Waals surface area contributed by atoms with Crippen molar-refractivity contribution in [3.05, 3.63) is 41.5 Å². The van der Waals surface area contributed by atoms with E-state index in [4.69, 9.17) is 0 Å². The lowest BCUT2D eigenvalue weighted by Crippen LogP contribution is -2.35. The van der Waals surface area contributed by atoms with Crippen molar-refractivity contribution in [3.8, 4) is 0 Å². The molecule has 28 heavy (non-hydrogen) atoms. The van der Waals surface area contributed by atoms with Crippen LogP contribution in [0.15, 0.2) is 24.3 Å². The first kappa shape index (κ1) is 18.7. The minimum Gasteiger partial charge on any atom is -0.352 e. The molecule has 0 radical (unpaired) electrons. The number of rotatable bonds is 5. The summed E-state index contributed by atoms with van der Waals surface area (Å²) in [6.07, 6.45) is 7.84. The molecule has 1 N–H and O–H groups in total. The van der Waals surface area contributed by atoms with E-state index in [2.05, 4.69) is 20.1 Å². The summed E-state index contributed by atoms with van der Waals surface area (Å²) in [4.78, 5) is 26.3. The average Bonchev–Trinajstić information content (AvgIpc) is 2.95. The predicted molar refractivity (Wildman–Crippen MR) is 106 cm³/mol. The van der Waals surface area contributed by atoms with Gasteiger partial charge in [-0.05, 0) is 49.9 Å². The summed E-state index contributed by atoms with van der Waals surface area (Å²) in [6.45, 7) is 2.26. The van der Waals surface area contributed by atoms with Crippen LogP contribution in [0.5, 0.6) is 0 Å². The molecule has 4 rings (SSSR count).